The number of aromatic nitrogens is 2. The van der Waals surface area contributed by atoms with Crippen LogP contribution in [0.4, 0.5) is 0 Å². The number of carboxylic acid groups (broad SMARTS) is 1. The van der Waals surface area contributed by atoms with E-state index in [0.717, 1.165) is 43.0 Å². The van der Waals surface area contributed by atoms with Crippen LogP contribution >= 0.6 is 0 Å². The number of hydrogen-bond acceptors (Lipinski definition) is 3. The zero-order chi connectivity index (χ0) is 16.4. The first-order valence-corrected chi connectivity index (χ1v) is 8.12. The van der Waals surface area contributed by atoms with Crippen LogP contribution in [0, 0.1) is 19.8 Å². The minimum Gasteiger partial charge on any atom is -0.481 e. The van der Waals surface area contributed by atoms with Gasteiger partial charge in [0.1, 0.15) is 0 Å². The van der Waals surface area contributed by atoms with Gasteiger partial charge in [0.2, 0.25) is 0 Å². The van der Waals surface area contributed by atoms with Gasteiger partial charge in [-0.15, -0.1) is 0 Å². The van der Waals surface area contributed by atoms with Crippen molar-refractivity contribution in [2.75, 3.05) is 13.1 Å². The lowest BCUT2D eigenvalue weighted by Crippen LogP contribution is -2.38. The van der Waals surface area contributed by atoms with Gasteiger partial charge in [0.05, 0.1) is 17.3 Å². The molecule has 2 heterocycles. The number of benzene rings is 1. The Labute approximate surface area is 136 Å². The summed E-state index contributed by atoms with van der Waals surface area (Å²) in [5.41, 5.74) is 4.41. The summed E-state index contributed by atoms with van der Waals surface area (Å²) in [5.74, 6) is -0.920. The molecular weight excluding hydrogens is 290 g/mol. The number of aliphatic carboxylic acids is 1. The van der Waals surface area contributed by atoms with E-state index < -0.39 is 5.97 Å². The maximum Gasteiger partial charge on any atom is 0.307 e. The number of carboxylic acids is 1. The van der Waals surface area contributed by atoms with E-state index >= 15 is 0 Å². The molecule has 122 valence electrons. The molecular formula is C18H23N3O2. The first-order chi connectivity index (χ1) is 11.1. The molecule has 23 heavy (non-hydrogen) atoms. The second kappa shape index (κ2) is 6.54. The first-order valence-electron chi connectivity index (χ1n) is 8.12. The number of rotatable bonds is 4. The average molecular weight is 313 g/mol. The van der Waals surface area contributed by atoms with E-state index in [1.807, 2.05) is 41.9 Å². The van der Waals surface area contributed by atoms with Gasteiger partial charge in [-0.3, -0.25) is 9.69 Å². The molecule has 0 aliphatic carbocycles. The molecule has 0 radical (unpaired) electrons. The van der Waals surface area contributed by atoms with E-state index in [9.17, 15) is 9.90 Å². The molecule has 1 aromatic heterocycles. The highest BCUT2D eigenvalue weighted by Gasteiger charge is 2.26. The maximum atomic E-state index is 11.2. The van der Waals surface area contributed by atoms with Crippen LogP contribution < -0.4 is 0 Å². The lowest BCUT2D eigenvalue weighted by Gasteiger charge is -2.30. The Morgan fingerprint density at radius 2 is 2.04 bits per heavy atom. The van der Waals surface area contributed by atoms with Gasteiger partial charge >= 0.3 is 5.97 Å². The highest BCUT2D eigenvalue weighted by molar-refractivity contribution is 5.70. The number of piperidine rings is 1. The Morgan fingerprint density at radius 3 is 2.74 bits per heavy atom. The number of nitrogens with zero attached hydrogens (tertiary/aromatic N) is 3. The van der Waals surface area contributed by atoms with Crippen LogP contribution in [0.15, 0.2) is 30.3 Å². The van der Waals surface area contributed by atoms with Crippen molar-refractivity contribution in [2.45, 2.75) is 33.2 Å². The number of hydrogen-bond donors (Lipinski definition) is 1. The molecule has 0 saturated carbocycles. The molecule has 3 rings (SSSR count). The normalized spacial score (nSPS) is 19.0. The largest absolute Gasteiger partial charge is 0.481 e. The van der Waals surface area contributed by atoms with Gasteiger partial charge in [0, 0.05) is 24.3 Å². The number of para-hydroxylation sites is 1. The fourth-order valence-corrected chi connectivity index (χ4v) is 3.35. The summed E-state index contributed by atoms with van der Waals surface area (Å²) >= 11 is 0. The third kappa shape index (κ3) is 3.29. The molecule has 1 aliphatic heterocycles. The third-order valence-corrected chi connectivity index (χ3v) is 4.68. The van der Waals surface area contributed by atoms with Crippen LogP contribution in [0.3, 0.4) is 0 Å². The summed E-state index contributed by atoms with van der Waals surface area (Å²) in [4.78, 5) is 13.5. The molecule has 5 heteroatoms. The second-order valence-corrected chi connectivity index (χ2v) is 6.31. The first kappa shape index (κ1) is 15.7. The van der Waals surface area contributed by atoms with Gasteiger partial charge in [0.25, 0.3) is 0 Å². The Bertz CT molecular complexity index is 694. The minimum absolute atomic E-state index is 0.242. The van der Waals surface area contributed by atoms with E-state index in [1.54, 1.807) is 0 Å². The lowest BCUT2D eigenvalue weighted by atomic mass is 9.97. The quantitative estimate of drug-likeness (QED) is 0.943. The Hall–Kier alpha value is -2.14. The van der Waals surface area contributed by atoms with E-state index in [-0.39, 0.29) is 5.92 Å². The van der Waals surface area contributed by atoms with Gasteiger partial charge in [-0.1, -0.05) is 18.2 Å². The molecule has 1 saturated heterocycles. The summed E-state index contributed by atoms with van der Waals surface area (Å²) in [6.45, 7) is 6.47. The fraction of sp³-hybridized carbons (Fsp3) is 0.444. The topological polar surface area (TPSA) is 58.4 Å². The van der Waals surface area contributed by atoms with Crippen molar-refractivity contribution in [1.82, 2.24) is 14.7 Å². The van der Waals surface area contributed by atoms with Gasteiger partial charge in [-0.2, -0.15) is 5.10 Å². The summed E-state index contributed by atoms with van der Waals surface area (Å²) in [6, 6.07) is 10.1. The van der Waals surface area contributed by atoms with Gasteiger partial charge in [-0.05, 0) is 45.4 Å². The van der Waals surface area contributed by atoms with Gasteiger partial charge in [-0.25, -0.2) is 4.68 Å². The minimum atomic E-state index is -0.678. The molecule has 1 atom stereocenters. The smallest absolute Gasteiger partial charge is 0.307 e. The van der Waals surface area contributed by atoms with Crippen molar-refractivity contribution in [3.8, 4) is 5.69 Å². The SMILES string of the molecule is Cc1nn(-c2ccccc2)c(C)c1CN1CCCC(C(=O)O)C1. The standard InChI is InChI=1S/C18H23N3O2/c1-13-17(12-20-10-6-7-15(11-20)18(22)23)14(2)21(19-13)16-8-4-3-5-9-16/h3-5,8-9,15H,6-7,10-12H2,1-2H3,(H,22,23). The van der Waals surface area contributed by atoms with E-state index in [0.29, 0.717) is 6.54 Å². The lowest BCUT2D eigenvalue weighted by molar-refractivity contribution is -0.143. The van der Waals surface area contributed by atoms with Crippen molar-refractivity contribution in [1.29, 1.82) is 0 Å². The van der Waals surface area contributed by atoms with E-state index in [4.69, 9.17) is 0 Å². The van der Waals surface area contributed by atoms with Crippen molar-refractivity contribution < 1.29 is 9.90 Å². The molecule has 1 unspecified atom stereocenters. The summed E-state index contributed by atoms with van der Waals surface area (Å²) in [5, 5.41) is 13.9. The van der Waals surface area contributed by atoms with Crippen LogP contribution in [0.1, 0.15) is 29.8 Å². The van der Waals surface area contributed by atoms with Crippen LogP contribution in [0.5, 0.6) is 0 Å². The predicted octanol–water partition coefficient (Wildman–Crippen LogP) is 2.79. The molecule has 0 spiro atoms. The molecule has 0 bridgehead atoms. The van der Waals surface area contributed by atoms with Crippen LogP contribution in [-0.2, 0) is 11.3 Å². The van der Waals surface area contributed by atoms with Gasteiger partial charge < -0.3 is 5.11 Å². The second-order valence-electron chi connectivity index (χ2n) is 6.31. The number of aryl methyl sites for hydroxylation is 1. The summed E-state index contributed by atoms with van der Waals surface area (Å²) < 4.78 is 1.98. The molecule has 5 nitrogen and oxygen atoms in total. The zero-order valence-corrected chi connectivity index (χ0v) is 13.7. The molecule has 1 aromatic carbocycles. The molecule has 1 N–H and O–H groups in total. The Balaban J connectivity index is 1.81. The number of likely N-dealkylation sites (tertiary alicyclic amines) is 1. The molecule has 1 fully saturated rings. The van der Waals surface area contributed by atoms with Crippen LogP contribution in [0.25, 0.3) is 5.69 Å². The Morgan fingerprint density at radius 1 is 1.30 bits per heavy atom. The van der Waals surface area contributed by atoms with Crippen LogP contribution in [-0.4, -0.2) is 38.8 Å². The molecule has 0 amide bonds. The van der Waals surface area contributed by atoms with Crippen molar-refractivity contribution in [3.63, 3.8) is 0 Å². The van der Waals surface area contributed by atoms with Crippen LogP contribution in [0.2, 0.25) is 0 Å². The summed E-state index contributed by atoms with van der Waals surface area (Å²) in [7, 11) is 0. The van der Waals surface area contributed by atoms with E-state index in [1.165, 1.54) is 5.56 Å². The van der Waals surface area contributed by atoms with Crippen molar-refractivity contribution in [3.05, 3.63) is 47.3 Å². The molecule has 1 aliphatic rings. The summed E-state index contributed by atoms with van der Waals surface area (Å²) in [6.07, 6.45) is 1.73. The fourth-order valence-electron chi connectivity index (χ4n) is 3.35. The van der Waals surface area contributed by atoms with Crippen molar-refractivity contribution in [2.24, 2.45) is 5.92 Å². The highest BCUT2D eigenvalue weighted by Crippen LogP contribution is 2.23. The Kier molecular flexibility index (Phi) is 4.48. The molecule has 2 aromatic rings. The van der Waals surface area contributed by atoms with E-state index in [2.05, 4.69) is 16.9 Å². The van der Waals surface area contributed by atoms with Crippen molar-refractivity contribution >= 4 is 5.97 Å². The number of carbonyl (C=O) groups is 1. The average Bonchev–Trinajstić information content (AvgIpc) is 2.84. The zero-order valence-electron chi connectivity index (χ0n) is 13.7. The monoisotopic (exact) mass is 313 g/mol. The predicted molar refractivity (Wildman–Crippen MR) is 88.7 cm³/mol. The third-order valence-electron chi connectivity index (χ3n) is 4.68. The van der Waals surface area contributed by atoms with Gasteiger partial charge in [0.15, 0.2) is 0 Å². The maximum absolute atomic E-state index is 11.2. The highest BCUT2D eigenvalue weighted by atomic mass is 16.4.